The zero-order chi connectivity index (χ0) is 12.8. The van der Waals surface area contributed by atoms with Crippen LogP contribution in [0, 0.1) is 17.0 Å². The first-order valence-corrected chi connectivity index (χ1v) is 5.52. The van der Waals surface area contributed by atoms with E-state index in [0.717, 1.165) is 12.0 Å². The van der Waals surface area contributed by atoms with E-state index in [0.29, 0.717) is 18.7 Å². The third kappa shape index (κ3) is 4.50. The third-order valence-corrected chi connectivity index (χ3v) is 2.40. The first-order chi connectivity index (χ1) is 8.00. The molecule has 0 unspecified atom stereocenters. The SMILES string of the molecule is CB(O)NCCCc1cnc(C)c([N+](=O)[O-])c1. The van der Waals surface area contributed by atoms with Gasteiger partial charge in [-0.25, -0.2) is 0 Å². The molecule has 1 aromatic rings. The van der Waals surface area contributed by atoms with E-state index in [2.05, 4.69) is 10.2 Å². The van der Waals surface area contributed by atoms with E-state index >= 15 is 0 Å². The average molecular weight is 237 g/mol. The van der Waals surface area contributed by atoms with Gasteiger partial charge in [0.05, 0.1) is 4.92 Å². The Hall–Kier alpha value is -1.47. The lowest BCUT2D eigenvalue weighted by atomic mass is 9.89. The molecule has 0 atom stereocenters. The lowest BCUT2D eigenvalue weighted by Crippen LogP contribution is -2.31. The minimum Gasteiger partial charge on any atom is -0.437 e. The van der Waals surface area contributed by atoms with E-state index in [9.17, 15) is 10.1 Å². The van der Waals surface area contributed by atoms with Crippen LogP contribution in [-0.2, 0) is 6.42 Å². The number of aryl methyl sites for hydroxylation is 2. The quantitative estimate of drug-likeness (QED) is 0.332. The minimum atomic E-state index is -0.527. The van der Waals surface area contributed by atoms with Crippen LogP contribution in [0.15, 0.2) is 12.3 Å². The highest BCUT2D eigenvalue weighted by molar-refractivity contribution is 6.45. The zero-order valence-electron chi connectivity index (χ0n) is 10.0. The van der Waals surface area contributed by atoms with Gasteiger partial charge in [-0.15, -0.1) is 0 Å². The van der Waals surface area contributed by atoms with Crippen LogP contribution >= 0.6 is 0 Å². The highest BCUT2D eigenvalue weighted by atomic mass is 16.6. The molecule has 0 aliphatic carbocycles. The summed E-state index contributed by atoms with van der Waals surface area (Å²) in [5.74, 6) is 0. The summed E-state index contributed by atoms with van der Waals surface area (Å²) in [5, 5.41) is 22.6. The summed E-state index contributed by atoms with van der Waals surface area (Å²) >= 11 is 0. The molecule has 1 rings (SSSR count). The zero-order valence-corrected chi connectivity index (χ0v) is 10.0. The Kier molecular flexibility index (Phi) is 5.05. The Morgan fingerprint density at radius 3 is 2.94 bits per heavy atom. The van der Waals surface area contributed by atoms with Crippen LogP contribution in [0.3, 0.4) is 0 Å². The number of aromatic nitrogens is 1. The fourth-order valence-electron chi connectivity index (χ4n) is 1.49. The fourth-order valence-corrected chi connectivity index (χ4v) is 1.49. The molecule has 1 heterocycles. The van der Waals surface area contributed by atoms with Crippen molar-refractivity contribution < 1.29 is 9.95 Å². The molecule has 0 bridgehead atoms. The summed E-state index contributed by atoms with van der Waals surface area (Å²) in [6.45, 7) is 3.94. The van der Waals surface area contributed by atoms with E-state index in [1.165, 1.54) is 0 Å². The van der Waals surface area contributed by atoms with E-state index < -0.39 is 12.0 Å². The topological polar surface area (TPSA) is 88.3 Å². The van der Waals surface area contributed by atoms with E-state index in [4.69, 9.17) is 5.02 Å². The molecule has 0 saturated heterocycles. The minimum absolute atomic E-state index is 0.0611. The molecular weight excluding hydrogens is 221 g/mol. The first-order valence-electron chi connectivity index (χ1n) is 5.52. The normalized spacial score (nSPS) is 10.3. The van der Waals surface area contributed by atoms with Gasteiger partial charge in [-0.05, 0) is 38.7 Å². The van der Waals surface area contributed by atoms with Gasteiger partial charge in [0.2, 0.25) is 0 Å². The van der Waals surface area contributed by atoms with Crippen molar-refractivity contribution in [2.45, 2.75) is 26.6 Å². The number of rotatable bonds is 6. The summed E-state index contributed by atoms with van der Waals surface area (Å²) in [4.78, 5) is 14.3. The molecule has 0 fully saturated rings. The second kappa shape index (κ2) is 6.31. The van der Waals surface area contributed by atoms with Crippen molar-refractivity contribution in [1.29, 1.82) is 0 Å². The van der Waals surface area contributed by atoms with Crippen LogP contribution in [0.2, 0.25) is 6.82 Å². The Labute approximate surface area is 100 Å². The Morgan fingerprint density at radius 2 is 2.35 bits per heavy atom. The van der Waals surface area contributed by atoms with Crippen molar-refractivity contribution in [3.05, 3.63) is 33.6 Å². The molecular formula is C10H16BN3O3. The average Bonchev–Trinajstić information content (AvgIpc) is 2.25. The van der Waals surface area contributed by atoms with E-state index in [1.54, 1.807) is 26.0 Å². The molecule has 2 N–H and O–H groups in total. The Balaban J connectivity index is 2.54. The number of nitrogens with zero attached hydrogens (tertiary/aromatic N) is 2. The number of hydrogen-bond donors (Lipinski definition) is 2. The summed E-state index contributed by atoms with van der Waals surface area (Å²) in [6, 6.07) is 1.56. The van der Waals surface area contributed by atoms with Gasteiger partial charge in [0, 0.05) is 12.3 Å². The van der Waals surface area contributed by atoms with Gasteiger partial charge in [0.1, 0.15) is 5.69 Å². The number of hydrogen-bond acceptors (Lipinski definition) is 5. The Bertz CT molecular complexity index is 398. The summed E-state index contributed by atoms with van der Waals surface area (Å²) in [5.41, 5.74) is 1.33. The van der Waals surface area contributed by atoms with Gasteiger partial charge >= 0.3 is 7.05 Å². The maximum absolute atomic E-state index is 10.7. The summed E-state index contributed by atoms with van der Waals surface area (Å²) in [6.07, 6.45) is 3.16. The summed E-state index contributed by atoms with van der Waals surface area (Å²) in [7, 11) is -0.527. The second-order valence-corrected chi connectivity index (χ2v) is 3.94. The van der Waals surface area contributed by atoms with Crippen molar-refractivity contribution in [2.24, 2.45) is 0 Å². The molecule has 17 heavy (non-hydrogen) atoms. The van der Waals surface area contributed by atoms with Crippen LogP contribution in [0.25, 0.3) is 0 Å². The highest BCUT2D eigenvalue weighted by Crippen LogP contribution is 2.17. The molecule has 0 radical (unpaired) electrons. The fraction of sp³-hybridized carbons (Fsp3) is 0.500. The lowest BCUT2D eigenvalue weighted by molar-refractivity contribution is -0.385. The summed E-state index contributed by atoms with van der Waals surface area (Å²) < 4.78 is 0. The smallest absolute Gasteiger partial charge is 0.373 e. The van der Waals surface area contributed by atoms with Gasteiger partial charge in [0.25, 0.3) is 5.69 Å². The van der Waals surface area contributed by atoms with E-state index in [-0.39, 0.29) is 5.69 Å². The van der Waals surface area contributed by atoms with Crippen molar-refractivity contribution in [2.75, 3.05) is 6.54 Å². The number of nitro groups is 1. The lowest BCUT2D eigenvalue weighted by Gasteiger charge is -2.04. The van der Waals surface area contributed by atoms with Gasteiger partial charge in [-0.3, -0.25) is 15.1 Å². The first kappa shape index (κ1) is 13.6. The molecule has 0 aliphatic rings. The highest BCUT2D eigenvalue weighted by Gasteiger charge is 2.12. The van der Waals surface area contributed by atoms with Gasteiger partial charge < -0.3 is 10.3 Å². The van der Waals surface area contributed by atoms with Crippen LogP contribution < -0.4 is 5.23 Å². The van der Waals surface area contributed by atoms with Crippen LogP contribution in [0.4, 0.5) is 5.69 Å². The van der Waals surface area contributed by atoms with Gasteiger partial charge in [-0.2, -0.15) is 0 Å². The largest absolute Gasteiger partial charge is 0.437 e. The molecule has 1 aromatic heterocycles. The molecule has 7 heteroatoms. The number of nitrogens with one attached hydrogen (secondary N) is 1. The second-order valence-electron chi connectivity index (χ2n) is 3.94. The molecule has 0 saturated carbocycles. The Morgan fingerprint density at radius 1 is 1.65 bits per heavy atom. The van der Waals surface area contributed by atoms with Crippen molar-refractivity contribution >= 4 is 12.7 Å². The van der Waals surface area contributed by atoms with Crippen LogP contribution in [-0.4, -0.2) is 28.5 Å². The van der Waals surface area contributed by atoms with Crippen molar-refractivity contribution in [1.82, 2.24) is 10.2 Å². The van der Waals surface area contributed by atoms with Crippen LogP contribution in [0.5, 0.6) is 0 Å². The molecule has 0 aliphatic heterocycles. The maximum Gasteiger partial charge on any atom is 0.373 e. The monoisotopic (exact) mass is 237 g/mol. The predicted octanol–water partition coefficient (Wildman–Crippen LogP) is 0.931. The van der Waals surface area contributed by atoms with E-state index in [1.807, 2.05) is 0 Å². The van der Waals surface area contributed by atoms with Gasteiger partial charge in [-0.1, -0.05) is 0 Å². The third-order valence-electron chi connectivity index (χ3n) is 2.40. The van der Waals surface area contributed by atoms with Crippen molar-refractivity contribution in [3.8, 4) is 0 Å². The molecule has 0 spiro atoms. The predicted molar refractivity (Wildman–Crippen MR) is 65.8 cm³/mol. The van der Waals surface area contributed by atoms with Crippen molar-refractivity contribution in [3.63, 3.8) is 0 Å². The maximum atomic E-state index is 10.7. The molecule has 6 nitrogen and oxygen atoms in total. The molecule has 0 aromatic carbocycles. The standard InChI is InChI=1S/C10H16BN3O3/c1-8-10(14(16)17)6-9(7-12-8)4-3-5-13-11(2)15/h6-7,13,15H,3-5H2,1-2H3. The van der Waals surface area contributed by atoms with Crippen LogP contribution in [0.1, 0.15) is 17.7 Å². The molecule has 0 amide bonds. The van der Waals surface area contributed by atoms with Gasteiger partial charge in [0.15, 0.2) is 0 Å². The molecule has 92 valence electrons. The number of pyridine rings is 1.